The summed E-state index contributed by atoms with van der Waals surface area (Å²) in [6, 6.07) is 5.61. The second-order valence-electron chi connectivity index (χ2n) is 6.70. The highest BCUT2D eigenvalue weighted by Gasteiger charge is 2.30. The minimum atomic E-state index is -0.401. The second kappa shape index (κ2) is 8.02. The number of carbonyl (C=O) groups excluding carboxylic acids is 3. The number of ether oxygens (including phenoxy) is 1. The monoisotopic (exact) mass is 401 g/mol. The molecule has 3 amide bonds. The third-order valence-electron chi connectivity index (χ3n) is 4.80. The number of nitrogens with zero attached hydrogens (tertiary/aromatic N) is 1. The highest BCUT2D eigenvalue weighted by molar-refractivity contribution is 7.17. The first-order valence-electron chi connectivity index (χ1n) is 8.93. The van der Waals surface area contributed by atoms with Gasteiger partial charge in [0.05, 0.1) is 19.2 Å². The largest absolute Gasteiger partial charge is 0.453 e. The van der Waals surface area contributed by atoms with Crippen molar-refractivity contribution < 1.29 is 19.1 Å². The summed E-state index contributed by atoms with van der Waals surface area (Å²) in [5.41, 5.74) is 3.87. The normalized spacial score (nSPS) is 12.9. The molecule has 7 nitrogen and oxygen atoms in total. The van der Waals surface area contributed by atoms with Crippen molar-refractivity contribution in [2.45, 2.75) is 26.8 Å². The van der Waals surface area contributed by atoms with Gasteiger partial charge in [-0.15, -0.1) is 11.3 Å². The molecule has 0 fully saturated rings. The molecule has 28 heavy (non-hydrogen) atoms. The molecule has 1 aromatic carbocycles. The molecule has 3 rings (SSSR count). The second-order valence-corrected chi connectivity index (χ2v) is 7.81. The van der Waals surface area contributed by atoms with E-state index < -0.39 is 6.09 Å². The Labute approximate surface area is 167 Å². The summed E-state index contributed by atoms with van der Waals surface area (Å²) in [5, 5.41) is 6.05. The SMILES string of the molecule is CNC(=O)c1c(NC(=O)c2ccc(C)cc2C)sc2c1CCN(C(=O)OC)C2. The van der Waals surface area contributed by atoms with Gasteiger partial charge in [0.1, 0.15) is 5.00 Å². The summed E-state index contributed by atoms with van der Waals surface area (Å²) >= 11 is 1.33. The fourth-order valence-electron chi connectivity index (χ4n) is 3.38. The zero-order valence-electron chi connectivity index (χ0n) is 16.3. The molecule has 1 aliphatic heterocycles. The summed E-state index contributed by atoms with van der Waals surface area (Å²) in [6.07, 6.45) is 0.129. The minimum Gasteiger partial charge on any atom is -0.453 e. The zero-order chi connectivity index (χ0) is 20.4. The van der Waals surface area contributed by atoms with Crippen LogP contribution in [0.2, 0.25) is 0 Å². The number of amides is 3. The molecule has 8 heteroatoms. The van der Waals surface area contributed by atoms with E-state index in [1.807, 2.05) is 26.0 Å². The molecule has 0 spiro atoms. The summed E-state index contributed by atoms with van der Waals surface area (Å²) in [6.45, 7) is 4.68. The van der Waals surface area contributed by atoms with Crippen LogP contribution in [0.3, 0.4) is 0 Å². The Hall–Kier alpha value is -2.87. The molecule has 0 saturated heterocycles. The summed E-state index contributed by atoms with van der Waals surface area (Å²) in [4.78, 5) is 39.6. The first kappa shape index (κ1) is 19.9. The Morgan fingerprint density at radius 3 is 2.57 bits per heavy atom. The van der Waals surface area contributed by atoms with Gasteiger partial charge in [-0.1, -0.05) is 17.7 Å². The molecule has 0 atom stereocenters. The number of rotatable bonds is 3. The van der Waals surface area contributed by atoms with Gasteiger partial charge in [-0.3, -0.25) is 9.59 Å². The van der Waals surface area contributed by atoms with E-state index in [9.17, 15) is 14.4 Å². The van der Waals surface area contributed by atoms with Gasteiger partial charge in [-0.05, 0) is 37.5 Å². The van der Waals surface area contributed by atoms with Crippen LogP contribution in [0, 0.1) is 13.8 Å². The van der Waals surface area contributed by atoms with Gasteiger partial charge in [-0.2, -0.15) is 0 Å². The summed E-state index contributed by atoms with van der Waals surface area (Å²) < 4.78 is 4.80. The van der Waals surface area contributed by atoms with Gasteiger partial charge in [0.2, 0.25) is 0 Å². The number of anilines is 1. The lowest BCUT2D eigenvalue weighted by atomic mass is 10.0. The highest BCUT2D eigenvalue weighted by atomic mass is 32.1. The lowest BCUT2D eigenvalue weighted by Crippen LogP contribution is -2.35. The van der Waals surface area contributed by atoms with Gasteiger partial charge in [0.25, 0.3) is 11.8 Å². The fraction of sp³-hybridized carbons (Fsp3) is 0.350. The van der Waals surface area contributed by atoms with Crippen molar-refractivity contribution in [3.8, 4) is 0 Å². The molecule has 148 valence electrons. The molecule has 2 heterocycles. The number of aryl methyl sites for hydroxylation is 2. The van der Waals surface area contributed by atoms with Crippen molar-refractivity contribution in [1.29, 1.82) is 0 Å². The van der Waals surface area contributed by atoms with E-state index in [1.165, 1.54) is 18.4 Å². The van der Waals surface area contributed by atoms with E-state index in [1.54, 1.807) is 18.0 Å². The van der Waals surface area contributed by atoms with Crippen molar-refractivity contribution in [3.63, 3.8) is 0 Å². The van der Waals surface area contributed by atoms with Crippen molar-refractivity contribution in [3.05, 3.63) is 50.9 Å². The zero-order valence-corrected chi connectivity index (χ0v) is 17.2. The molecule has 0 radical (unpaired) electrons. The number of nitrogens with one attached hydrogen (secondary N) is 2. The number of benzene rings is 1. The number of methoxy groups -OCH3 is 1. The molecule has 1 aliphatic rings. The Kier molecular flexibility index (Phi) is 5.69. The van der Waals surface area contributed by atoms with Gasteiger partial charge < -0.3 is 20.3 Å². The van der Waals surface area contributed by atoms with E-state index in [4.69, 9.17) is 4.74 Å². The van der Waals surface area contributed by atoms with Crippen LogP contribution in [0.15, 0.2) is 18.2 Å². The Bertz CT molecular complexity index is 951. The van der Waals surface area contributed by atoms with E-state index >= 15 is 0 Å². The molecule has 0 saturated carbocycles. The molecule has 0 unspecified atom stereocenters. The molecule has 0 aliphatic carbocycles. The summed E-state index contributed by atoms with van der Waals surface area (Å²) in [5.74, 6) is -0.508. The molecule has 2 N–H and O–H groups in total. The predicted octanol–water partition coefficient (Wildman–Crippen LogP) is 3.10. The molecular formula is C20H23N3O4S. The lowest BCUT2D eigenvalue weighted by molar-refractivity contribution is 0.0962. The molecule has 2 aromatic rings. The van der Waals surface area contributed by atoms with Crippen LogP contribution in [0.25, 0.3) is 0 Å². The van der Waals surface area contributed by atoms with Crippen molar-refractivity contribution in [1.82, 2.24) is 10.2 Å². The predicted molar refractivity (Wildman–Crippen MR) is 108 cm³/mol. The minimum absolute atomic E-state index is 0.250. The maximum Gasteiger partial charge on any atom is 0.409 e. The van der Waals surface area contributed by atoms with Crippen molar-refractivity contribution in [2.24, 2.45) is 0 Å². The van der Waals surface area contributed by atoms with E-state index in [-0.39, 0.29) is 11.8 Å². The Morgan fingerprint density at radius 2 is 1.93 bits per heavy atom. The Morgan fingerprint density at radius 1 is 1.18 bits per heavy atom. The molecule has 0 bridgehead atoms. The number of hydrogen-bond donors (Lipinski definition) is 2. The standard InChI is InChI=1S/C20H23N3O4S/c1-11-5-6-13(12(2)9-11)17(24)22-19-16(18(25)21-3)14-7-8-23(20(26)27-4)10-15(14)28-19/h5-6,9H,7-8,10H2,1-4H3,(H,21,25)(H,22,24). The van der Waals surface area contributed by atoms with Crippen LogP contribution in [0.5, 0.6) is 0 Å². The fourth-order valence-corrected chi connectivity index (χ4v) is 4.64. The number of hydrogen-bond acceptors (Lipinski definition) is 5. The first-order chi connectivity index (χ1) is 13.3. The van der Waals surface area contributed by atoms with Crippen LogP contribution in [-0.4, -0.2) is 43.5 Å². The van der Waals surface area contributed by atoms with Crippen LogP contribution in [0.4, 0.5) is 9.80 Å². The topological polar surface area (TPSA) is 87.7 Å². The number of thiophene rings is 1. The smallest absolute Gasteiger partial charge is 0.409 e. The van der Waals surface area contributed by atoms with Gasteiger partial charge >= 0.3 is 6.09 Å². The van der Waals surface area contributed by atoms with Gasteiger partial charge in [-0.25, -0.2) is 4.79 Å². The van der Waals surface area contributed by atoms with E-state index in [2.05, 4.69) is 10.6 Å². The van der Waals surface area contributed by atoms with Crippen molar-refractivity contribution in [2.75, 3.05) is 26.0 Å². The Balaban J connectivity index is 1.94. The van der Waals surface area contributed by atoms with Crippen LogP contribution >= 0.6 is 11.3 Å². The maximum atomic E-state index is 12.8. The van der Waals surface area contributed by atoms with Crippen LogP contribution in [-0.2, 0) is 17.7 Å². The average molecular weight is 401 g/mol. The maximum absolute atomic E-state index is 12.8. The first-order valence-corrected chi connectivity index (χ1v) is 9.75. The van der Waals surface area contributed by atoms with Crippen LogP contribution < -0.4 is 10.6 Å². The highest BCUT2D eigenvalue weighted by Crippen LogP contribution is 2.37. The average Bonchev–Trinajstić information content (AvgIpc) is 3.03. The van der Waals surface area contributed by atoms with Gasteiger partial charge in [0.15, 0.2) is 0 Å². The lowest BCUT2D eigenvalue weighted by Gasteiger charge is -2.25. The van der Waals surface area contributed by atoms with Crippen molar-refractivity contribution >= 4 is 34.2 Å². The summed E-state index contributed by atoms with van der Waals surface area (Å²) in [7, 11) is 2.91. The number of fused-ring (bicyclic) bond motifs is 1. The van der Waals surface area contributed by atoms with E-state index in [0.717, 1.165) is 21.6 Å². The van der Waals surface area contributed by atoms with Crippen LogP contribution in [0.1, 0.15) is 42.3 Å². The van der Waals surface area contributed by atoms with E-state index in [0.29, 0.717) is 35.6 Å². The number of carbonyl (C=O) groups is 3. The van der Waals surface area contributed by atoms with Gasteiger partial charge in [0, 0.05) is 24.0 Å². The quantitative estimate of drug-likeness (QED) is 0.827. The molecular weight excluding hydrogens is 378 g/mol. The molecule has 1 aromatic heterocycles. The third kappa shape index (κ3) is 3.73. The third-order valence-corrected chi connectivity index (χ3v) is 5.93.